The van der Waals surface area contributed by atoms with Crippen molar-refractivity contribution in [3.8, 4) is 11.3 Å². The number of methoxy groups -OCH3 is 1. The summed E-state index contributed by atoms with van der Waals surface area (Å²) in [7, 11) is 3.56. The first-order valence-electron chi connectivity index (χ1n) is 6.37. The van der Waals surface area contributed by atoms with Crippen LogP contribution in [0.4, 0.5) is 5.82 Å². The Labute approximate surface area is 113 Å². The van der Waals surface area contributed by atoms with Crippen molar-refractivity contribution < 1.29 is 4.74 Å². The minimum absolute atomic E-state index is 0.107. The molecule has 1 atom stereocenters. The largest absolute Gasteiger partial charge is 0.381 e. The van der Waals surface area contributed by atoms with E-state index in [0.717, 1.165) is 22.9 Å². The molecular formula is C15H19N3O. The van der Waals surface area contributed by atoms with Gasteiger partial charge in [-0.2, -0.15) is 0 Å². The molecule has 0 saturated heterocycles. The Bertz CT molecular complexity index is 528. The first-order chi connectivity index (χ1) is 9.22. The number of hydrogen-bond acceptors (Lipinski definition) is 4. The van der Waals surface area contributed by atoms with Crippen molar-refractivity contribution in [2.75, 3.05) is 19.5 Å². The monoisotopic (exact) mass is 257 g/mol. The van der Waals surface area contributed by atoms with Crippen LogP contribution in [-0.2, 0) is 11.2 Å². The lowest BCUT2D eigenvalue weighted by molar-refractivity contribution is 0.117. The summed E-state index contributed by atoms with van der Waals surface area (Å²) in [6.07, 6.45) is 0.807. The van der Waals surface area contributed by atoms with Gasteiger partial charge in [0.25, 0.3) is 0 Å². The highest BCUT2D eigenvalue weighted by Gasteiger charge is 2.09. The predicted molar refractivity (Wildman–Crippen MR) is 77.2 cm³/mol. The van der Waals surface area contributed by atoms with Crippen LogP contribution in [0.5, 0.6) is 0 Å². The van der Waals surface area contributed by atoms with Crippen LogP contribution in [0.3, 0.4) is 0 Å². The minimum Gasteiger partial charge on any atom is -0.381 e. The molecular weight excluding hydrogens is 238 g/mol. The van der Waals surface area contributed by atoms with Crippen LogP contribution in [0.1, 0.15) is 12.7 Å². The Balaban J connectivity index is 2.36. The Morgan fingerprint density at radius 2 is 1.95 bits per heavy atom. The number of aromatic nitrogens is 2. The van der Waals surface area contributed by atoms with Gasteiger partial charge in [0.1, 0.15) is 11.6 Å². The number of benzene rings is 1. The number of nitrogens with one attached hydrogen (secondary N) is 1. The Morgan fingerprint density at radius 1 is 1.21 bits per heavy atom. The normalized spacial score (nSPS) is 12.2. The average molecular weight is 257 g/mol. The number of nitrogens with zero attached hydrogens (tertiary/aromatic N) is 2. The number of anilines is 1. The molecule has 100 valence electrons. The standard InChI is InChI=1S/C15H19N3O/c1-11(19-3)9-15-17-13(10-14(16-2)18-15)12-7-5-4-6-8-12/h4-8,10-11H,9H2,1-3H3,(H,16,17,18). The van der Waals surface area contributed by atoms with Crippen LogP contribution >= 0.6 is 0 Å². The molecule has 0 amide bonds. The van der Waals surface area contributed by atoms with E-state index in [9.17, 15) is 0 Å². The molecule has 4 heteroatoms. The number of ether oxygens (including phenoxy) is 1. The van der Waals surface area contributed by atoms with Gasteiger partial charge in [0.05, 0.1) is 11.8 Å². The van der Waals surface area contributed by atoms with Gasteiger partial charge in [0.15, 0.2) is 0 Å². The summed E-state index contributed by atoms with van der Waals surface area (Å²) in [5.41, 5.74) is 2.02. The number of rotatable bonds is 5. The fraction of sp³-hybridized carbons (Fsp3) is 0.333. The van der Waals surface area contributed by atoms with Gasteiger partial charge in [-0.25, -0.2) is 9.97 Å². The van der Waals surface area contributed by atoms with Gasteiger partial charge in [-0.05, 0) is 6.92 Å². The van der Waals surface area contributed by atoms with Crippen molar-refractivity contribution in [1.82, 2.24) is 9.97 Å². The summed E-state index contributed by atoms with van der Waals surface area (Å²) in [5.74, 6) is 1.62. The second-order valence-corrected chi connectivity index (χ2v) is 4.42. The molecule has 2 rings (SSSR count). The van der Waals surface area contributed by atoms with Crippen molar-refractivity contribution in [1.29, 1.82) is 0 Å². The fourth-order valence-corrected chi connectivity index (χ4v) is 1.81. The zero-order valence-electron chi connectivity index (χ0n) is 11.6. The molecule has 0 aliphatic carbocycles. The fourth-order valence-electron chi connectivity index (χ4n) is 1.81. The molecule has 2 aromatic rings. The molecule has 1 unspecified atom stereocenters. The Kier molecular flexibility index (Phi) is 4.47. The molecule has 19 heavy (non-hydrogen) atoms. The molecule has 0 fully saturated rings. The molecule has 0 aliphatic rings. The van der Waals surface area contributed by atoms with Crippen LogP contribution in [-0.4, -0.2) is 30.2 Å². The summed E-state index contributed by atoms with van der Waals surface area (Å²) >= 11 is 0. The first kappa shape index (κ1) is 13.5. The van der Waals surface area contributed by atoms with E-state index in [1.807, 2.05) is 50.4 Å². The smallest absolute Gasteiger partial charge is 0.133 e. The van der Waals surface area contributed by atoms with Gasteiger partial charge >= 0.3 is 0 Å². The van der Waals surface area contributed by atoms with Crippen LogP contribution in [0.2, 0.25) is 0 Å². The summed E-state index contributed by atoms with van der Waals surface area (Å²) in [5, 5.41) is 3.08. The molecule has 0 aliphatic heterocycles. The molecule has 1 aromatic heterocycles. The van der Waals surface area contributed by atoms with E-state index >= 15 is 0 Å². The second-order valence-electron chi connectivity index (χ2n) is 4.42. The lowest BCUT2D eigenvalue weighted by atomic mass is 10.1. The second kappa shape index (κ2) is 6.29. The van der Waals surface area contributed by atoms with Crippen molar-refractivity contribution in [3.63, 3.8) is 0 Å². The minimum atomic E-state index is 0.107. The van der Waals surface area contributed by atoms with E-state index in [-0.39, 0.29) is 6.10 Å². The van der Waals surface area contributed by atoms with Crippen LogP contribution in [0.25, 0.3) is 11.3 Å². The summed E-state index contributed by atoms with van der Waals surface area (Å²) < 4.78 is 5.27. The van der Waals surface area contributed by atoms with Crippen LogP contribution < -0.4 is 5.32 Å². The third kappa shape index (κ3) is 3.51. The van der Waals surface area contributed by atoms with E-state index in [2.05, 4.69) is 15.3 Å². The Hall–Kier alpha value is -1.94. The van der Waals surface area contributed by atoms with Crippen molar-refractivity contribution in [3.05, 3.63) is 42.2 Å². The maximum Gasteiger partial charge on any atom is 0.133 e. The zero-order chi connectivity index (χ0) is 13.7. The van der Waals surface area contributed by atoms with Crippen LogP contribution in [0, 0.1) is 0 Å². The van der Waals surface area contributed by atoms with Gasteiger partial charge in [0, 0.05) is 32.2 Å². The summed E-state index contributed by atoms with van der Waals surface area (Å²) in [4.78, 5) is 9.07. The number of hydrogen-bond donors (Lipinski definition) is 1. The van der Waals surface area contributed by atoms with E-state index < -0.39 is 0 Å². The van der Waals surface area contributed by atoms with E-state index in [4.69, 9.17) is 4.74 Å². The average Bonchev–Trinajstić information content (AvgIpc) is 2.47. The summed E-state index contributed by atoms with van der Waals surface area (Å²) in [6.45, 7) is 2.01. The summed E-state index contributed by atoms with van der Waals surface area (Å²) in [6, 6.07) is 12.1. The topological polar surface area (TPSA) is 47.0 Å². The molecule has 1 N–H and O–H groups in total. The molecule has 0 saturated carbocycles. The van der Waals surface area contributed by atoms with E-state index in [1.165, 1.54) is 0 Å². The SMILES string of the molecule is CNc1cc(-c2ccccc2)nc(CC(C)OC)n1. The highest BCUT2D eigenvalue weighted by Crippen LogP contribution is 2.19. The van der Waals surface area contributed by atoms with E-state index in [0.29, 0.717) is 6.42 Å². The third-order valence-electron chi connectivity index (χ3n) is 2.97. The van der Waals surface area contributed by atoms with Gasteiger partial charge in [-0.15, -0.1) is 0 Å². The van der Waals surface area contributed by atoms with Crippen LogP contribution in [0.15, 0.2) is 36.4 Å². The first-order valence-corrected chi connectivity index (χ1v) is 6.37. The third-order valence-corrected chi connectivity index (χ3v) is 2.97. The highest BCUT2D eigenvalue weighted by molar-refractivity contribution is 5.62. The Morgan fingerprint density at radius 3 is 2.58 bits per heavy atom. The van der Waals surface area contributed by atoms with Gasteiger partial charge < -0.3 is 10.1 Å². The quantitative estimate of drug-likeness (QED) is 0.894. The van der Waals surface area contributed by atoms with Crippen molar-refractivity contribution in [2.45, 2.75) is 19.4 Å². The molecule has 4 nitrogen and oxygen atoms in total. The maximum atomic E-state index is 5.27. The predicted octanol–water partition coefficient (Wildman–Crippen LogP) is 2.76. The molecule has 0 radical (unpaired) electrons. The highest BCUT2D eigenvalue weighted by atomic mass is 16.5. The van der Waals surface area contributed by atoms with Gasteiger partial charge in [0.2, 0.25) is 0 Å². The molecule has 0 spiro atoms. The maximum absolute atomic E-state index is 5.27. The zero-order valence-corrected chi connectivity index (χ0v) is 11.6. The van der Waals surface area contributed by atoms with Gasteiger partial charge in [-0.3, -0.25) is 0 Å². The molecule has 1 aromatic carbocycles. The van der Waals surface area contributed by atoms with Crippen molar-refractivity contribution >= 4 is 5.82 Å². The lowest BCUT2D eigenvalue weighted by Crippen LogP contribution is -2.12. The van der Waals surface area contributed by atoms with E-state index in [1.54, 1.807) is 7.11 Å². The van der Waals surface area contributed by atoms with Crippen molar-refractivity contribution in [2.24, 2.45) is 0 Å². The van der Waals surface area contributed by atoms with Gasteiger partial charge in [-0.1, -0.05) is 30.3 Å². The molecule has 1 heterocycles. The lowest BCUT2D eigenvalue weighted by Gasteiger charge is -2.11. The molecule has 0 bridgehead atoms.